The molecule has 0 aromatic heterocycles. The van der Waals surface area contributed by atoms with Crippen LogP contribution in [0.5, 0.6) is 0 Å². The maximum atomic E-state index is 10.9. The Bertz CT molecular complexity index is 261. The minimum Gasteiger partial charge on any atom is -0.467 e. The Balaban J connectivity index is 2.39. The number of aliphatic hydroxyl groups is 1. The van der Waals surface area contributed by atoms with Gasteiger partial charge in [0.2, 0.25) is 0 Å². The highest BCUT2D eigenvalue weighted by Gasteiger charge is 2.23. The molecule has 0 bridgehead atoms. The molecule has 7 heteroatoms. The van der Waals surface area contributed by atoms with Crippen molar-refractivity contribution in [2.24, 2.45) is 5.16 Å². The second-order valence-electron chi connectivity index (χ2n) is 3.28. The van der Waals surface area contributed by atoms with Gasteiger partial charge in [-0.1, -0.05) is 5.16 Å². The molecule has 1 saturated heterocycles. The SMILES string of the molecule is COC(=O)[C@H](O)C/C(CC1OCCO1)=N\O. The van der Waals surface area contributed by atoms with Crippen LogP contribution in [-0.4, -0.2) is 54.7 Å². The van der Waals surface area contributed by atoms with Crippen molar-refractivity contribution in [2.45, 2.75) is 25.2 Å². The van der Waals surface area contributed by atoms with Gasteiger partial charge in [-0.3, -0.25) is 0 Å². The van der Waals surface area contributed by atoms with Crippen molar-refractivity contribution in [3.8, 4) is 0 Å². The van der Waals surface area contributed by atoms with Gasteiger partial charge in [-0.25, -0.2) is 4.79 Å². The van der Waals surface area contributed by atoms with Gasteiger partial charge in [-0.15, -0.1) is 0 Å². The molecule has 0 aliphatic carbocycles. The number of hydrogen-bond acceptors (Lipinski definition) is 7. The van der Waals surface area contributed by atoms with Crippen LogP contribution in [0.3, 0.4) is 0 Å². The van der Waals surface area contributed by atoms with Gasteiger partial charge in [0.05, 0.1) is 26.0 Å². The van der Waals surface area contributed by atoms with Gasteiger partial charge in [0.1, 0.15) is 0 Å². The number of carbonyl (C=O) groups is 1. The zero-order valence-electron chi connectivity index (χ0n) is 8.96. The van der Waals surface area contributed by atoms with E-state index in [1.54, 1.807) is 0 Å². The summed E-state index contributed by atoms with van der Waals surface area (Å²) in [6.45, 7) is 0.978. The highest BCUT2D eigenvalue weighted by atomic mass is 16.7. The molecule has 0 unspecified atom stereocenters. The fourth-order valence-corrected chi connectivity index (χ4v) is 1.33. The van der Waals surface area contributed by atoms with Gasteiger partial charge in [0, 0.05) is 12.8 Å². The van der Waals surface area contributed by atoms with Gasteiger partial charge < -0.3 is 24.5 Å². The molecule has 7 nitrogen and oxygen atoms in total. The molecule has 1 fully saturated rings. The molecule has 0 radical (unpaired) electrons. The van der Waals surface area contributed by atoms with E-state index in [1.807, 2.05) is 0 Å². The molecule has 0 saturated carbocycles. The highest BCUT2D eigenvalue weighted by molar-refractivity contribution is 5.89. The Labute approximate surface area is 92.6 Å². The lowest BCUT2D eigenvalue weighted by molar-refractivity contribution is -0.150. The summed E-state index contributed by atoms with van der Waals surface area (Å²) in [5.74, 6) is -0.769. The minimum atomic E-state index is -1.34. The van der Waals surface area contributed by atoms with Crippen LogP contribution < -0.4 is 0 Å². The van der Waals surface area contributed by atoms with E-state index in [9.17, 15) is 9.90 Å². The molecule has 1 aliphatic rings. The summed E-state index contributed by atoms with van der Waals surface area (Å²) in [6.07, 6.45) is -1.70. The minimum absolute atomic E-state index is 0.105. The summed E-state index contributed by atoms with van der Waals surface area (Å²) in [4.78, 5) is 10.9. The number of nitrogens with zero attached hydrogens (tertiary/aromatic N) is 1. The van der Waals surface area contributed by atoms with Crippen LogP contribution in [0, 0.1) is 0 Å². The van der Waals surface area contributed by atoms with Crippen LogP contribution in [0.25, 0.3) is 0 Å². The standard InChI is InChI=1S/C9H15NO6/c1-14-9(12)7(11)4-6(10-13)5-8-15-2-3-16-8/h7-8,11,13H,2-5H2,1H3/b10-6+/t7-/m1/s1. The Morgan fingerprint density at radius 2 is 2.19 bits per heavy atom. The predicted molar refractivity (Wildman–Crippen MR) is 52.2 cm³/mol. The zero-order chi connectivity index (χ0) is 12.0. The van der Waals surface area contributed by atoms with E-state index in [4.69, 9.17) is 14.7 Å². The summed E-state index contributed by atoms with van der Waals surface area (Å²) in [5.41, 5.74) is 0.227. The molecule has 0 aromatic rings. The first-order valence-electron chi connectivity index (χ1n) is 4.86. The van der Waals surface area contributed by atoms with Crippen LogP contribution >= 0.6 is 0 Å². The number of rotatable bonds is 5. The van der Waals surface area contributed by atoms with Gasteiger partial charge in [-0.2, -0.15) is 0 Å². The first-order chi connectivity index (χ1) is 7.67. The number of carbonyl (C=O) groups excluding carboxylic acids is 1. The lowest BCUT2D eigenvalue weighted by atomic mass is 10.1. The Morgan fingerprint density at radius 3 is 2.69 bits per heavy atom. The fraction of sp³-hybridized carbons (Fsp3) is 0.778. The summed E-state index contributed by atoms with van der Waals surface area (Å²) in [7, 11) is 1.17. The maximum absolute atomic E-state index is 10.9. The van der Waals surface area contributed by atoms with Crippen LogP contribution in [-0.2, 0) is 19.0 Å². The van der Waals surface area contributed by atoms with Crippen LogP contribution in [0.1, 0.15) is 12.8 Å². The third-order valence-corrected chi connectivity index (χ3v) is 2.14. The Hall–Kier alpha value is -1.18. The fourth-order valence-electron chi connectivity index (χ4n) is 1.33. The van der Waals surface area contributed by atoms with Crippen molar-refractivity contribution in [3.05, 3.63) is 0 Å². The Kier molecular flexibility index (Phi) is 5.17. The topological polar surface area (TPSA) is 97.6 Å². The van der Waals surface area contributed by atoms with E-state index < -0.39 is 18.4 Å². The molecule has 1 rings (SSSR count). The number of aliphatic hydroxyl groups excluding tert-OH is 1. The van der Waals surface area contributed by atoms with Gasteiger partial charge in [0.15, 0.2) is 12.4 Å². The maximum Gasteiger partial charge on any atom is 0.335 e. The smallest absolute Gasteiger partial charge is 0.335 e. The monoisotopic (exact) mass is 233 g/mol. The molecule has 1 heterocycles. The predicted octanol–water partition coefficient (Wildman–Crippen LogP) is -0.496. The van der Waals surface area contributed by atoms with E-state index in [-0.39, 0.29) is 18.6 Å². The largest absolute Gasteiger partial charge is 0.467 e. The average molecular weight is 233 g/mol. The van der Waals surface area contributed by atoms with Crippen LogP contribution in [0.15, 0.2) is 5.16 Å². The normalized spacial score (nSPS) is 19.8. The van der Waals surface area contributed by atoms with Gasteiger partial charge in [-0.05, 0) is 0 Å². The third kappa shape index (κ3) is 3.76. The summed E-state index contributed by atoms with van der Waals surface area (Å²) in [5, 5.41) is 21.0. The molecular formula is C9H15NO6. The summed E-state index contributed by atoms with van der Waals surface area (Å²) < 4.78 is 14.6. The molecule has 2 N–H and O–H groups in total. The van der Waals surface area contributed by atoms with Crippen molar-refractivity contribution in [1.29, 1.82) is 0 Å². The van der Waals surface area contributed by atoms with Gasteiger partial charge >= 0.3 is 5.97 Å². The van der Waals surface area contributed by atoms with Crippen molar-refractivity contribution in [3.63, 3.8) is 0 Å². The van der Waals surface area contributed by atoms with E-state index in [0.717, 1.165) is 0 Å². The summed E-state index contributed by atoms with van der Waals surface area (Å²) in [6, 6.07) is 0. The molecular weight excluding hydrogens is 218 g/mol. The summed E-state index contributed by atoms with van der Waals surface area (Å²) >= 11 is 0. The molecule has 92 valence electrons. The van der Waals surface area contributed by atoms with Crippen LogP contribution in [0.4, 0.5) is 0 Å². The molecule has 0 spiro atoms. The lowest BCUT2D eigenvalue weighted by Crippen LogP contribution is -2.27. The number of ether oxygens (including phenoxy) is 3. The Morgan fingerprint density at radius 1 is 1.56 bits per heavy atom. The van der Waals surface area contributed by atoms with E-state index in [2.05, 4.69) is 9.89 Å². The number of methoxy groups -OCH3 is 1. The highest BCUT2D eigenvalue weighted by Crippen LogP contribution is 2.11. The first-order valence-corrected chi connectivity index (χ1v) is 4.86. The van der Waals surface area contributed by atoms with E-state index in [1.165, 1.54) is 7.11 Å². The van der Waals surface area contributed by atoms with Crippen molar-refractivity contribution >= 4 is 11.7 Å². The second-order valence-corrected chi connectivity index (χ2v) is 3.28. The molecule has 1 aliphatic heterocycles. The molecule has 0 amide bonds. The van der Waals surface area contributed by atoms with E-state index >= 15 is 0 Å². The number of esters is 1. The second kappa shape index (κ2) is 6.41. The van der Waals surface area contributed by atoms with Gasteiger partial charge in [0.25, 0.3) is 0 Å². The van der Waals surface area contributed by atoms with Crippen molar-refractivity contribution in [1.82, 2.24) is 0 Å². The molecule has 1 atom stereocenters. The van der Waals surface area contributed by atoms with Crippen molar-refractivity contribution in [2.75, 3.05) is 20.3 Å². The first kappa shape index (κ1) is 12.9. The van der Waals surface area contributed by atoms with Crippen molar-refractivity contribution < 1.29 is 29.3 Å². The van der Waals surface area contributed by atoms with Crippen LogP contribution in [0.2, 0.25) is 0 Å². The van der Waals surface area contributed by atoms with E-state index in [0.29, 0.717) is 13.2 Å². The molecule has 0 aromatic carbocycles. The lowest BCUT2D eigenvalue weighted by Gasteiger charge is -2.12. The third-order valence-electron chi connectivity index (χ3n) is 2.14. The zero-order valence-corrected chi connectivity index (χ0v) is 8.96. The average Bonchev–Trinajstić information content (AvgIpc) is 2.79. The quantitative estimate of drug-likeness (QED) is 0.287. The molecule has 16 heavy (non-hydrogen) atoms. The number of oxime groups is 1. The number of hydrogen-bond donors (Lipinski definition) is 2.